The molecule has 0 atom stereocenters. The summed E-state index contributed by atoms with van der Waals surface area (Å²) in [7, 11) is 7.05. The van der Waals surface area contributed by atoms with E-state index in [1.165, 1.54) is 25.3 Å². The van der Waals surface area contributed by atoms with Crippen molar-refractivity contribution < 1.29 is 27.4 Å². The molecule has 8 nitrogen and oxygen atoms in total. The van der Waals surface area contributed by atoms with E-state index < -0.39 is 6.36 Å². The number of hydrogen-bond donors (Lipinski definition) is 2. The molecule has 11 heteroatoms. The van der Waals surface area contributed by atoms with E-state index in [0.29, 0.717) is 46.8 Å². The average Bonchev–Trinajstić information content (AvgIpc) is 2.80. The van der Waals surface area contributed by atoms with Crippen LogP contribution in [0.4, 0.5) is 30.6 Å². The summed E-state index contributed by atoms with van der Waals surface area (Å²) < 4.78 is 52.8. The van der Waals surface area contributed by atoms with Crippen molar-refractivity contribution in [2.75, 3.05) is 52.0 Å². The van der Waals surface area contributed by atoms with Gasteiger partial charge in [0.15, 0.2) is 11.5 Å². The Labute approximate surface area is 202 Å². The number of alkyl halides is 3. The summed E-state index contributed by atoms with van der Waals surface area (Å²) in [6.07, 6.45) is -3.93. The van der Waals surface area contributed by atoms with Crippen LogP contribution < -0.4 is 24.8 Å². The highest BCUT2D eigenvalue weighted by molar-refractivity contribution is 5.69. The second-order valence-corrected chi connectivity index (χ2v) is 7.82. The van der Waals surface area contributed by atoms with Gasteiger partial charge >= 0.3 is 6.36 Å². The molecule has 0 fully saturated rings. The molecule has 0 amide bonds. The minimum atomic E-state index is -4.79. The molecule has 0 aliphatic rings. The number of methoxy groups -OCH3 is 2. The molecule has 3 aromatic rings. The lowest BCUT2D eigenvalue weighted by atomic mass is 10.1. The highest BCUT2D eigenvalue weighted by Crippen LogP contribution is 2.32. The molecule has 35 heavy (non-hydrogen) atoms. The molecule has 1 heterocycles. The van der Waals surface area contributed by atoms with Gasteiger partial charge in [0.1, 0.15) is 11.6 Å². The lowest BCUT2D eigenvalue weighted by Crippen LogP contribution is -2.17. The van der Waals surface area contributed by atoms with Crippen LogP contribution in [0.2, 0.25) is 0 Å². The molecule has 0 bridgehead atoms. The van der Waals surface area contributed by atoms with Gasteiger partial charge in [-0.15, -0.1) is 13.2 Å². The van der Waals surface area contributed by atoms with E-state index in [2.05, 4.69) is 30.2 Å². The third-order valence-corrected chi connectivity index (χ3v) is 4.81. The fourth-order valence-corrected chi connectivity index (χ4v) is 3.25. The van der Waals surface area contributed by atoms with Crippen LogP contribution in [0.5, 0.6) is 17.2 Å². The van der Waals surface area contributed by atoms with Gasteiger partial charge in [0.2, 0.25) is 5.95 Å². The first-order chi connectivity index (χ1) is 16.7. The van der Waals surface area contributed by atoms with E-state index in [4.69, 9.17) is 9.47 Å². The summed E-state index contributed by atoms with van der Waals surface area (Å²) in [6.45, 7) is 1.49. The molecule has 0 aliphatic heterocycles. The Kier molecular flexibility index (Phi) is 8.58. The number of nitrogens with one attached hydrogen (secondary N) is 2. The number of rotatable bonds is 11. The van der Waals surface area contributed by atoms with E-state index in [0.717, 1.165) is 13.0 Å². The smallest absolute Gasteiger partial charge is 0.493 e. The molecule has 0 unspecified atom stereocenters. The number of hydrogen-bond acceptors (Lipinski definition) is 8. The van der Waals surface area contributed by atoms with Crippen molar-refractivity contribution in [2.45, 2.75) is 12.8 Å². The van der Waals surface area contributed by atoms with Gasteiger partial charge in [-0.25, -0.2) is 4.98 Å². The minimum Gasteiger partial charge on any atom is -0.493 e. The Bertz CT molecular complexity index is 1130. The number of ether oxygens (including phenoxy) is 3. The van der Waals surface area contributed by atoms with Crippen LogP contribution in [0, 0.1) is 0 Å². The number of benzene rings is 2. The molecule has 3 rings (SSSR count). The number of nitrogens with zero attached hydrogens (tertiary/aromatic N) is 3. The van der Waals surface area contributed by atoms with E-state index >= 15 is 0 Å². The highest BCUT2D eigenvalue weighted by Gasteiger charge is 2.31. The summed E-state index contributed by atoms with van der Waals surface area (Å²) in [5, 5.41) is 6.38. The minimum absolute atomic E-state index is 0.330. The first kappa shape index (κ1) is 25.9. The van der Waals surface area contributed by atoms with Crippen LogP contribution in [0.1, 0.15) is 6.42 Å². The zero-order valence-corrected chi connectivity index (χ0v) is 19.9. The SMILES string of the molecule is COc1ccc(Nc2cc(-c3cccc(OC(F)(F)F)c3)nc(NCCCN(C)C)n2)cc1OC. The van der Waals surface area contributed by atoms with E-state index in [9.17, 15) is 13.2 Å². The van der Waals surface area contributed by atoms with Gasteiger partial charge in [-0.1, -0.05) is 12.1 Å². The Balaban J connectivity index is 1.92. The van der Waals surface area contributed by atoms with Crippen LogP contribution in [0.3, 0.4) is 0 Å². The molecule has 1 aromatic heterocycles. The second-order valence-electron chi connectivity index (χ2n) is 7.82. The maximum atomic E-state index is 12.7. The van der Waals surface area contributed by atoms with E-state index in [1.807, 2.05) is 14.1 Å². The molecule has 0 spiro atoms. The Morgan fingerprint density at radius 2 is 1.71 bits per heavy atom. The largest absolute Gasteiger partial charge is 0.573 e. The molecular weight excluding hydrogens is 463 g/mol. The summed E-state index contributed by atoms with van der Waals surface area (Å²) in [5.41, 5.74) is 1.55. The Hall–Kier alpha value is -3.73. The third-order valence-electron chi connectivity index (χ3n) is 4.81. The molecule has 188 valence electrons. The van der Waals surface area contributed by atoms with Crippen molar-refractivity contribution in [3.05, 3.63) is 48.5 Å². The van der Waals surface area contributed by atoms with Gasteiger partial charge in [0.05, 0.1) is 19.9 Å². The number of halogens is 3. The maximum Gasteiger partial charge on any atom is 0.573 e. The molecule has 2 aromatic carbocycles. The van der Waals surface area contributed by atoms with Crippen LogP contribution in [0.25, 0.3) is 11.3 Å². The van der Waals surface area contributed by atoms with Gasteiger partial charge in [0, 0.05) is 29.9 Å². The molecule has 0 saturated heterocycles. The summed E-state index contributed by atoms with van der Waals surface area (Å²) in [5.74, 6) is 1.56. The summed E-state index contributed by atoms with van der Waals surface area (Å²) in [4.78, 5) is 11.1. The van der Waals surface area contributed by atoms with E-state index in [1.54, 1.807) is 37.4 Å². The van der Waals surface area contributed by atoms with Crippen molar-refractivity contribution in [3.8, 4) is 28.5 Å². The predicted molar refractivity (Wildman–Crippen MR) is 129 cm³/mol. The number of aromatic nitrogens is 2. The second kappa shape index (κ2) is 11.6. The van der Waals surface area contributed by atoms with Gasteiger partial charge in [-0.2, -0.15) is 4.98 Å². The standard InChI is InChI=1S/C24H28F3N5O3/c1-32(2)12-6-11-28-23-30-19(16-7-5-8-18(13-16)35-24(25,26)27)15-22(31-23)29-17-9-10-20(33-3)21(14-17)34-4/h5,7-10,13-15H,6,11-12H2,1-4H3,(H2,28,29,30,31). The normalized spacial score (nSPS) is 11.3. The monoisotopic (exact) mass is 491 g/mol. The predicted octanol–water partition coefficient (Wildman–Crippen LogP) is 5.17. The first-order valence-electron chi connectivity index (χ1n) is 10.8. The molecule has 0 aliphatic carbocycles. The van der Waals surface area contributed by atoms with Gasteiger partial charge < -0.3 is 29.7 Å². The molecular formula is C24H28F3N5O3. The van der Waals surface area contributed by atoms with Gasteiger partial charge in [0.25, 0.3) is 0 Å². The van der Waals surface area contributed by atoms with Crippen molar-refractivity contribution in [1.82, 2.24) is 14.9 Å². The zero-order valence-electron chi connectivity index (χ0n) is 19.9. The molecule has 0 saturated carbocycles. The van der Waals surface area contributed by atoms with Gasteiger partial charge in [-0.05, 0) is 51.3 Å². The van der Waals surface area contributed by atoms with Crippen LogP contribution in [-0.4, -0.2) is 62.6 Å². The lowest BCUT2D eigenvalue weighted by molar-refractivity contribution is -0.274. The highest BCUT2D eigenvalue weighted by atomic mass is 19.4. The Morgan fingerprint density at radius 1 is 0.943 bits per heavy atom. The average molecular weight is 492 g/mol. The van der Waals surface area contributed by atoms with Crippen molar-refractivity contribution in [3.63, 3.8) is 0 Å². The van der Waals surface area contributed by atoms with Crippen molar-refractivity contribution in [1.29, 1.82) is 0 Å². The van der Waals surface area contributed by atoms with Crippen molar-refractivity contribution in [2.24, 2.45) is 0 Å². The quantitative estimate of drug-likeness (QED) is 0.356. The first-order valence-corrected chi connectivity index (χ1v) is 10.8. The fraction of sp³-hybridized carbons (Fsp3) is 0.333. The molecule has 2 N–H and O–H groups in total. The maximum absolute atomic E-state index is 12.7. The summed E-state index contributed by atoms with van der Waals surface area (Å²) >= 11 is 0. The third kappa shape index (κ3) is 7.92. The van der Waals surface area contributed by atoms with Crippen LogP contribution >= 0.6 is 0 Å². The number of anilines is 3. The van der Waals surface area contributed by atoms with Gasteiger partial charge in [-0.3, -0.25) is 0 Å². The van der Waals surface area contributed by atoms with Crippen LogP contribution in [-0.2, 0) is 0 Å². The topological polar surface area (TPSA) is 80.8 Å². The Morgan fingerprint density at radius 3 is 2.40 bits per heavy atom. The zero-order chi connectivity index (χ0) is 25.4. The fourth-order valence-electron chi connectivity index (χ4n) is 3.25. The lowest BCUT2D eigenvalue weighted by Gasteiger charge is -2.14. The van der Waals surface area contributed by atoms with Crippen LogP contribution in [0.15, 0.2) is 48.5 Å². The van der Waals surface area contributed by atoms with Crippen molar-refractivity contribution >= 4 is 17.5 Å². The summed E-state index contributed by atoms with van der Waals surface area (Å²) in [6, 6.07) is 12.6. The van der Waals surface area contributed by atoms with E-state index in [-0.39, 0.29) is 5.75 Å². The molecule has 0 radical (unpaired) electrons.